The first-order valence-corrected chi connectivity index (χ1v) is 6.01. The lowest BCUT2D eigenvalue weighted by Gasteiger charge is -2.11. The van der Waals surface area contributed by atoms with Crippen molar-refractivity contribution in [3.63, 3.8) is 0 Å². The molecular weight excluding hydrogens is 277 g/mol. The predicted octanol–water partition coefficient (Wildman–Crippen LogP) is 4.21. The lowest BCUT2D eigenvalue weighted by atomic mass is 10.1. The van der Waals surface area contributed by atoms with Gasteiger partial charge >= 0.3 is 6.18 Å². The first-order valence-electron chi connectivity index (χ1n) is 5.48. The summed E-state index contributed by atoms with van der Waals surface area (Å²) in [6.07, 6.45) is -3.41. The van der Waals surface area contributed by atoms with E-state index in [1.165, 1.54) is 0 Å². The molecule has 1 aromatic heterocycles. The molecule has 0 saturated heterocycles. The van der Waals surface area contributed by atoms with Crippen molar-refractivity contribution in [1.82, 2.24) is 9.97 Å². The van der Waals surface area contributed by atoms with E-state index in [4.69, 9.17) is 11.6 Å². The highest BCUT2D eigenvalue weighted by Crippen LogP contribution is 2.32. The molecule has 0 aliphatic carbocycles. The number of halogens is 4. The van der Waals surface area contributed by atoms with Crippen molar-refractivity contribution < 1.29 is 13.2 Å². The molecule has 0 unspecified atom stereocenters. The zero-order valence-electron chi connectivity index (χ0n) is 10.0. The summed E-state index contributed by atoms with van der Waals surface area (Å²) in [5.41, 5.74) is 0.377. The van der Waals surface area contributed by atoms with Crippen LogP contribution in [-0.2, 0) is 12.1 Å². The summed E-state index contributed by atoms with van der Waals surface area (Å²) in [7, 11) is 0. The van der Waals surface area contributed by atoms with Crippen LogP contribution in [0.5, 0.6) is 0 Å². The highest BCUT2D eigenvalue weighted by atomic mass is 35.5. The number of hydrogen-bond acceptors (Lipinski definition) is 2. The van der Waals surface area contributed by atoms with Gasteiger partial charge in [-0.25, -0.2) is 9.97 Å². The molecule has 0 amide bonds. The molecule has 0 bridgehead atoms. The van der Waals surface area contributed by atoms with Gasteiger partial charge in [0.15, 0.2) is 11.5 Å². The lowest BCUT2D eigenvalue weighted by molar-refractivity contribution is -0.141. The van der Waals surface area contributed by atoms with Crippen molar-refractivity contribution in [3.05, 3.63) is 47.3 Å². The van der Waals surface area contributed by atoms with Crippen molar-refractivity contribution >= 4 is 11.6 Å². The Hall–Kier alpha value is -1.62. The van der Waals surface area contributed by atoms with Crippen molar-refractivity contribution in [1.29, 1.82) is 0 Å². The second-order valence-electron chi connectivity index (χ2n) is 4.07. The maximum atomic E-state index is 12.9. The predicted molar refractivity (Wildman–Crippen MR) is 66.8 cm³/mol. The molecule has 0 aliphatic heterocycles. The van der Waals surface area contributed by atoms with Crippen molar-refractivity contribution in [2.75, 3.05) is 0 Å². The standard InChI is InChI=1S/C13H10ClF3N2/c1-8-3-2-4-9(5-8)12-18-7-10(6-14)11(19-12)13(15,16)17/h2-5,7H,6H2,1H3. The normalized spacial score (nSPS) is 11.6. The van der Waals surface area contributed by atoms with Crippen LogP contribution in [0.25, 0.3) is 11.4 Å². The van der Waals surface area contributed by atoms with Gasteiger partial charge in [-0.15, -0.1) is 11.6 Å². The topological polar surface area (TPSA) is 25.8 Å². The molecule has 0 N–H and O–H groups in total. The van der Waals surface area contributed by atoms with Crippen molar-refractivity contribution in [2.24, 2.45) is 0 Å². The summed E-state index contributed by atoms with van der Waals surface area (Å²) in [5, 5.41) is 0. The van der Waals surface area contributed by atoms with Crippen LogP contribution in [0, 0.1) is 6.92 Å². The second-order valence-corrected chi connectivity index (χ2v) is 4.34. The Morgan fingerprint density at radius 2 is 2.00 bits per heavy atom. The van der Waals surface area contributed by atoms with Crippen LogP contribution < -0.4 is 0 Å². The summed E-state index contributed by atoms with van der Waals surface area (Å²) in [4.78, 5) is 7.55. The lowest BCUT2D eigenvalue weighted by Crippen LogP contribution is -2.13. The molecule has 0 radical (unpaired) electrons. The minimum Gasteiger partial charge on any atom is -0.236 e. The minimum absolute atomic E-state index is 0.0462. The Morgan fingerprint density at radius 3 is 2.58 bits per heavy atom. The molecular formula is C13H10ClF3N2. The molecule has 0 spiro atoms. The van der Waals surface area contributed by atoms with Gasteiger partial charge in [0, 0.05) is 17.3 Å². The molecule has 100 valence electrons. The van der Waals surface area contributed by atoms with E-state index in [1.54, 1.807) is 18.2 Å². The Bertz CT molecular complexity index is 597. The minimum atomic E-state index is -4.54. The van der Waals surface area contributed by atoms with E-state index in [1.807, 2.05) is 13.0 Å². The van der Waals surface area contributed by atoms with Gasteiger partial charge < -0.3 is 0 Å². The van der Waals surface area contributed by atoms with Crippen molar-refractivity contribution in [3.8, 4) is 11.4 Å². The van der Waals surface area contributed by atoms with E-state index in [9.17, 15) is 13.2 Å². The van der Waals surface area contributed by atoms with Crippen LogP contribution in [0.2, 0.25) is 0 Å². The van der Waals surface area contributed by atoms with E-state index in [0.717, 1.165) is 11.8 Å². The van der Waals surface area contributed by atoms with Crippen LogP contribution in [-0.4, -0.2) is 9.97 Å². The number of hydrogen-bond donors (Lipinski definition) is 0. The maximum absolute atomic E-state index is 12.9. The Balaban J connectivity index is 2.55. The van der Waals surface area contributed by atoms with Gasteiger partial charge in [-0.1, -0.05) is 23.8 Å². The SMILES string of the molecule is Cc1cccc(-c2ncc(CCl)c(C(F)(F)F)n2)c1. The Labute approximate surface area is 113 Å². The van der Waals surface area contributed by atoms with E-state index >= 15 is 0 Å². The second kappa shape index (κ2) is 5.17. The molecule has 0 fully saturated rings. The van der Waals surface area contributed by atoms with Gasteiger partial charge in [-0.2, -0.15) is 13.2 Å². The Morgan fingerprint density at radius 1 is 1.26 bits per heavy atom. The van der Waals surface area contributed by atoms with E-state index in [-0.39, 0.29) is 17.3 Å². The molecule has 0 saturated carbocycles. The number of nitrogens with zero attached hydrogens (tertiary/aromatic N) is 2. The summed E-state index contributed by atoms with van der Waals surface area (Å²) >= 11 is 5.48. The summed E-state index contributed by atoms with van der Waals surface area (Å²) in [6.45, 7) is 1.85. The van der Waals surface area contributed by atoms with Gasteiger partial charge in [0.1, 0.15) is 0 Å². The monoisotopic (exact) mass is 286 g/mol. The van der Waals surface area contributed by atoms with Crippen LogP contribution in [0.15, 0.2) is 30.5 Å². The average molecular weight is 287 g/mol. The number of benzene rings is 1. The molecule has 2 aromatic rings. The first-order chi connectivity index (χ1) is 8.91. The highest BCUT2D eigenvalue weighted by molar-refractivity contribution is 6.17. The molecule has 0 atom stereocenters. The number of alkyl halides is 4. The molecule has 19 heavy (non-hydrogen) atoms. The fourth-order valence-corrected chi connectivity index (χ4v) is 1.87. The highest BCUT2D eigenvalue weighted by Gasteiger charge is 2.35. The third-order valence-corrected chi connectivity index (χ3v) is 2.84. The van der Waals surface area contributed by atoms with Crippen LogP contribution in [0.1, 0.15) is 16.8 Å². The first kappa shape index (κ1) is 13.8. The van der Waals surface area contributed by atoms with E-state index in [0.29, 0.717) is 5.56 Å². The third-order valence-electron chi connectivity index (χ3n) is 2.55. The van der Waals surface area contributed by atoms with Crippen LogP contribution in [0.3, 0.4) is 0 Å². The van der Waals surface area contributed by atoms with Gasteiger partial charge in [-0.05, 0) is 13.0 Å². The van der Waals surface area contributed by atoms with Gasteiger partial charge in [-0.3, -0.25) is 0 Å². The van der Waals surface area contributed by atoms with Gasteiger partial charge in [0.2, 0.25) is 0 Å². The largest absolute Gasteiger partial charge is 0.433 e. The van der Waals surface area contributed by atoms with Gasteiger partial charge in [0.05, 0.1) is 5.88 Å². The number of aromatic nitrogens is 2. The molecule has 2 rings (SSSR count). The molecule has 1 heterocycles. The molecule has 6 heteroatoms. The third kappa shape index (κ3) is 3.04. The van der Waals surface area contributed by atoms with Crippen molar-refractivity contribution in [2.45, 2.75) is 19.0 Å². The molecule has 0 aliphatic rings. The molecule has 1 aromatic carbocycles. The van der Waals surface area contributed by atoms with Crippen LogP contribution in [0.4, 0.5) is 13.2 Å². The number of rotatable bonds is 2. The summed E-state index contributed by atoms with van der Waals surface area (Å²) in [5.74, 6) is -0.229. The smallest absolute Gasteiger partial charge is 0.236 e. The average Bonchev–Trinajstić information content (AvgIpc) is 2.37. The summed E-state index contributed by atoms with van der Waals surface area (Å²) < 4.78 is 38.6. The summed E-state index contributed by atoms with van der Waals surface area (Å²) in [6, 6.07) is 7.00. The zero-order chi connectivity index (χ0) is 14.0. The van der Waals surface area contributed by atoms with Gasteiger partial charge in [0.25, 0.3) is 0 Å². The quantitative estimate of drug-likeness (QED) is 0.773. The number of aryl methyl sites for hydroxylation is 1. The Kier molecular flexibility index (Phi) is 3.75. The maximum Gasteiger partial charge on any atom is 0.433 e. The fourth-order valence-electron chi connectivity index (χ4n) is 1.67. The zero-order valence-corrected chi connectivity index (χ0v) is 10.8. The van der Waals surface area contributed by atoms with E-state index < -0.39 is 11.9 Å². The van der Waals surface area contributed by atoms with Crippen LogP contribution >= 0.6 is 11.6 Å². The van der Waals surface area contributed by atoms with E-state index in [2.05, 4.69) is 9.97 Å². The fraction of sp³-hybridized carbons (Fsp3) is 0.231. The molecule has 2 nitrogen and oxygen atoms in total.